The van der Waals surface area contributed by atoms with E-state index >= 15 is 0 Å². The van der Waals surface area contributed by atoms with E-state index in [1.807, 2.05) is 25.1 Å². The van der Waals surface area contributed by atoms with Crippen LogP contribution in [-0.2, 0) is 16.0 Å². The van der Waals surface area contributed by atoms with Gasteiger partial charge in [0.25, 0.3) is 0 Å². The third kappa shape index (κ3) is 4.15. The number of carbonyl (C=O) groups is 1. The van der Waals surface area contributed by atoms with Crippen LogP contribution in [0.5, 0.6) is 11.5 Å². The molecule has 0 aromatic heterocycles. The van der Waals surface area contributed by atoms with Crippen molar-refractivity contribution < 1.29 is 19.0 Å². The quantitative estimate of drug-likeness (QED) is 0.803. The first kappa shape index (κ1) is 17.1. The minimum atomic E-state index is -0.379. The summed E-state index contributed by atoms with van der Waals surface area (Å²) < 4.78 is 16.0. The third-order valence-electron chi connectivity index (χ3n) is 3.76. The first-order valence-corrected chi connectivity index (χ1v) is 7.78. The van der Waals surface area contributed by atoms with Gasteiger partial charge in [-0.1, -0.05) is 6.07 Å². The smallest absolute Gasteiger partial charge is 0.247 e. The predicted octanol–water partition coefficient (Wildman–Crippen LogP) is 1.91. The second-order valence-corrected chi connectivity index (χ2v) is 5.33. The number of benzene rings is 1. The van der Waals surface area contributed by atoms with E-state index in [1.54, 1.807) is 26.0 Å². The molecule has 0 spiro atoms. The van der Waals surface area contributed by atoms with Gasteiger partial charge in [0.15, 0.2) is 11.5 Å². The Bertz CT molecular complexity index is 586. The van der Waals surface area contributed by atoms with Crippen molar-refractivity contribution in [1.82, 2.24) is 4.90 Å². The number of hydrogen-bond donors (Lipinski definition) is 0. The van der Waals surface area contributed by atoms with Crippen LogP contribution < -0.4 is 9.47 Å². The van der Waals surface area contributed by atoms with Crippen LogP contribution in [-0.4, -0.2) is 56.7 Å². The fourth-order valence-electron chi connectivity index (χ4n) is 2.56. The molecule has 0 fully saturated rings. The average Bonchev–Trinajstić information content (AvgIpc) is 2.56. The molecule has 0 unspecified atom stereocenters. The van der Waals surface area contributed by atoms with Gasteiger partial charge < -0.3 is 19.1 Å². The summed E-state index contributed by atoms with van der Waals surface area (Å²) in [7, 11) is 3.22. The van der Waals surface area contributed by atoms with Gasteiger partial charge in [0.05, 0.1) is 27.4 Å². The molecule has 0 saturated carbocycles. The number of hydrogen-bond acceptors (Lipinski definition) is 5. The predicted molar refractivity (Wildman–Crippen MR) is 88.4 cm³/mol. The molecule has 1 aromatic carbocycles. The SMILES string of the molecule is CCOC1=N[C@@H](C)C(=O)N(CCc2ccc(OC)c(OC)c2)C1. The van der Waals surface area contributed by atoms with Gasteiger partial charge in [-0.2, -0.15) is 0 Å². The largest absolute Gasteiger partial charge is 0.493 e. The molecule has 1 atom stereocenters. The lowest BCUT2D eigenvalue weighted by molar-refractivity contribution is -0.132. The van der Waals surface area contributed by atoms with Crippen molar-refractivity contribution in [2.75, 3.05) is 33.9 Å². The summed E-state index contributed by atoms with van der Waals surface area (Å²) in [5.41, 5.74) is 1.09. The van der Waals surface area contributed by atoms with E-state index in [4.69, 9.17) is 14.2 Å². The van der Waals surface area contributed by atoms with Crippen LogP contribution in [0.25, 0.3) is 0 Å². The molecule has 0 bridgehead atoms. The molecule has 1 heterocycles. The summed E-state index contributed by atoms with van der Waals surface area (Å²) in [6.07, 6.45) is 0.734. The molecule has 0 radical (unpaired) electrons. The molecular weight excluding hydrogens is 296 g/mol. The number of nitrogens with zero attached hydrogens (tertiary/aromatic N) is 2. The molecule has 126 valence electrons. The second-order valence-electron chi connectivity index (χ2n) is 5.33. The third-order valence-corrected chi connectivity index (χ3v) is 3.76. The Morgan fingerprint density at radius 1 is 1.26 bits per heavy atom. The molecule has 0 aliphatic carbocycles. The van der Waals surface area contributed by atoms with Gasteiger partial charge in [0, 0.05) is 6.54 Å². The van der Waals surface area contributed by atoms with E-state index in [1.165, 1.54) is 0 Å². The van der Waals surface area contributed by atoms with Crippen LogP contribution in [0.3, 0.4) is 0 Å². The Morgan fingerprint density at radius 2 is 2.00 bits per heavy atom. The van der Waals surface area contributed by atoms with Gasteiger partial charge >= 0.3 is 0 Å². The number of aliphatic imine (C=N–C) groups is 1. The van der Waals surface area contributed by atoms with Gasteiger partial charge in [-0.05, 0) is 38.0 Å². The van der Waals surface area contributed by atoms with Crippen molar-refractivity contribution in [1.29, 1.82) is 0 Å². The van der Waals surface area contributed by atoms with E-state index in [9.17, 15) is 4.79 Å². The maximum atomic E-state index is 12.2. The number of amides is 1. The highest BCUT2D eigenvalue weighted by molar-refractivity contribution is 5.93. The summed E-state index contributed by atoms with van der Waals surface area (Å²) in [5, 5.41) is 0. The van der Waals surface area contributed by atoms with Crippen molar-refractivity contribution in [2.45, 2.75) is 26.3 Å². The van der Waals surface area contributed by atoms with Gasteiger partial charge in [-0.3, -0.25) is 4.79 Å². The highest BCUT2D eigenvalue weighted by Gasteiger charge is 2.27. The molecule has 6 nitrogen and oxygen atoms in total. The molecule has 1 amide bonds. The Labute approximate surface area is 137 Å². The van der Waals surface area contributed by atoms with Gasteiger partial charge in [-0.25, -0.2) is 4.99 Å². The molecule has 1 aliphatic rings. The number of rotatable bonds is 6. The average molecular weight is 320 g/mol. The van der Waals surface area contributed by atoms with Crippen LogP contribution >= 0.6 is 0 Å². The lowest BCUT2D eigenvalue weighted by atomic mass is 10.1. The minimum absolute atomic E-state index is 0.0360. The zero-order valence-electron chi connectivity index (χ0n) is 14.2. The highest BCUT2D eigenvalue weighted by atomic mass is 16.5. The van der Waals surface area contributed by atoms with E-state index < -0.39 is 0 Å². The van der Waals surface area contributed by atoms with Crippen LogP contribution in [0.15, 0.2) is 23.2 Å². The highest BCUT2D eigenvalue weighted by Crippen LogP contribution is 2.27. The van der Waals surface area contributed by atoms with Crippen LogP contribution in [0.4, 0.5) is 0 Å². The molecule has 1 aliphatic heterocycles. The molecule has 2 rings (SSSR count). The normalized spacial score (nSPS) is 17.7. The lowest BCUT2D eigenvalue weighted by Gasteiger charge is -2.29. The standard InChI is InChI=1S/C17H24N2O4/c1-5-23-16-11-19(17(20)12(2)18-16)9-8-13-6-7-14(21-3)15(10-13)22-4/h6-7,10,12H,5,8-9,11H2,1-4H3/t12-/m0/s1. The maximum absolute atomic E-state index is 12.2. The first-order chi connectivity index (χ1) is 11.1. The minimum Gasteiger partial charge on any atom is -0.493 e. The van der Waals surface area contributed by atoms with Gasteiger partial charge in [-0.15, -0.1) is 0 Å². The molecule has 0 N–H and O–H groups in total. The van der Waals surface area contributed by atoms with E-state index in [0.717, 1.165) is 12.0 Å². The fourth-order valence-corrected chi connectivity index (χ4v) is 2.56. The number of carbonyl (C=O) groups excluding carboxylic acids is 1. The summed E-state index contributed by atoms with van der Waals surface area (Å²) in [6, 6.07) is 5.42. The van der Waals surface area contributed by atoms with Crippen molar-refractivity contribution in [2.24, 2.45) is 4.99 Å². The summed E-state index contributed by atoms with van der Waals surface area (Å²) in [6.45, 7) is 5.32. The van der Waals surface area contributed by atoms with Crippen molar-refractivity contribution in [3.05, 3.63) is 23.8 Å². The van der Waals surface area contributed by atoms with Crippen LogP contribution in [0, 0.1) is 0 Å². The monoisotopic (exact) mass is 320 g/mol. The Kier molecular flexibility index (Phi) is 5.84. The second kappa shape index (κ2) is 7.85. The van der Waals surface area contributed by atoms with E-state index in [-0.39, 0.29) is 11.9 Å². The van der Waals surface area contributed by atoms with Crippen molar-refractivity contribution >= 4 is 11.8 Å². The van der Waals surface area contributed by atoms with Crippen molar-refractivity contribution in [3.8, 4) is 11.5 Å². The van der Waals surface area contributed by atoms with Crippen molar-refractivity contribution in [3.63, 3.8) is 0 Å². The van der Waals surface area contributed by atoms with Gasteiger partial charge in [0.1, 0.15) is 6.04 Å². The summed E-state index contributed by atoms with van der Waals surface area (Å²) >= 11 is 0. The first-order valence-electron chi connectivity index (χ1n) is 7.78. The topological polar surface area (TPSA) is 60.4 Å². The zero-order valence-corrected chi connectivity index (χ0v) is 14.2. The number of methoxy groups -OCH3 is 2. The molecule has 6 heteroatoms. The Balaban J connectivity index is 2.02. The molecule has 0 saturated heterocycles. The molecular formula is C17H24N2O4. The van der Waals surface area contributed by atoms with Crippen LogP contribution in [0.2, 0.25) is 0 Å². The van der Waals surface area contributed by atoms with E-state index in [2.05, 4.69) is 4.99 Å². The Hall–Kier alpha value is -2.24. The zero-order chi connectivity index (χ0) is 16.8. The van der Waals surface area contributed by atoms with Crippen LogP contribution in [0.1, 0.15) is 19.4 Å². The summed E-state index contributed by atoms with van der Waals surface area (Å²) in [5.74, 6) is 2.06. The van der Waals surface area contributed by atoms with E-state index in [0.29, 0.717) is 37.1 Å². The molecule has 1 aromatic rings. The number of ether oxygens (including phenoxy) is 3. The lowest BCUT2D eigenvalue weighted by Crippen LogP contribution is -2.46. The Morgan fingerprint density at radius 3 is 2.65 bits per heavy atom. The summed E-state index contributed by atoms with van der Waals surface area (Å²) in [4.78, 5) is 18.3. The van der Waals surface area contributed by atoms with Gasteiger partial charge in [0.2, 0.25) is 11.8 Å². The fraction of sp³-hybridized carbons (Fsp3) is 0.529. The maximum Gasteiger partial charge on any atom is 0.247 e. The molecule has 23 heavy (non-hydrogen) atoms.